The van der Waals surface area contributed by atoms with Gasteiger partial charge in [-0.25, -0.2) is 18.2 Å². The first kappa shape index (κ1) is 15.7. The highest BCUT2D eigenvalue weighted by Gasteiger charge is 2.12. The predicted octanol–water partition coefficient (Wildman–Crippen LogP) is 3.05. The van der Waals surface area contributed by atoms with E-state index in [-0.39, 0.29) is 4.90 Å². The summed E-state index contributed by atoms with van der Waals surface area (Å²) in [7, 11) is -3.26. The summed E-state index contributed by atoms with van der Waals surface area (Å²) >= 11 is 1.21. The van der Waals surface area contributed by atoms with E-state index in [1.165, 1.54) is 17.4 Å². The number of benzene rings is 1. The van der Waals surface area contributed by atoms with Crippen molar-refractivity contribution in [3.8, 4) is 0 Å². The number of ether oxygens (including phenoxy) is 1. The van der Waals surface area contributed by atoms with Crippen LogP contribution in [0.5, 0.6) is 0 Å². The van der Waals surface area contributed by atoms with E-state index in [9.17, 15) is 13.2 Å². The molecule has 0 atom stereocenters. The highest BCUT2D eigenvalue weighted by atomic mass is 32.2. The summed E-state index contributed by atoms with van der Waals surface area (Å²) in [4.78, 5) is 16.0. The molecule has 0 spiro atoms. The van der Waals surface area contributed by atoms with E-state index < -0.39 is 15.9 Å². The molecule has 0 aliphatic heterocycles. The van der Waals surface area contributed by atoms with Crippen molar-refractivity contribution in [2.75, 3.05) is 18.2 Å². The minimum atomic E-state index is -3.26. The number of anilines is 1. The lowest BCUT2D eigenvalue weighted by Gasteiger charge is -2.02. The minimum absolute atomic E-state index is 0.232. The number of amides is 1. The molecule has 0 fully saturated rings. The molecular weight excluding hydrogens is 312 g/mol. The molecule has 1 aromatic heterocycles. The molecule has 1 heterocycles. The Balaban J connectivity index is 2.14. The van der Waals surface area contributed by atoms with E-state index in [0.717, 1.165) is 19.1 Å². The zero-order chi connectivity index (χ0) is 15.5. The third kappa shape index (κ3) is 4.15. The van der Waals surface area contributed by atoms with Gasteiger partial charge in [-0.1, -0.05) is 24.7 Å². The number of thiazole rings is 1. The van der Waals surface area contributed by atoms with E-state index in [1.807, 2.05) is 6.92 Å². The van der Waals surface area contributed by atoms with Crippen LogP contribution in [0.2, 0.25) is 0 Å². The molecule has 1 aromatic carbocycles. The molecule has 2 rings (SSSR count). The van der Waals surface area contributed by atoms with Gasteiger partial charge >= 0.3 is 6.09 Å². The van der Waals surface area contributed by atoms with Gasteiger partial charge in [-0.3, -0.25) is 5.32 Å². The number of hydrogen-bond donors (Lipinski definition) is 1. The quantitative estimate of drug-likeness (QED) is 0.853. The summed E-state index contributed by atoms with van der Waals surface area (Å²) in [5.74, 6) is 0. The number of aromatic nitrogens is 1. The Morgan fingerprint density at radius 3 is 2.86 bits per heavy atom. The van der Waals surface area contributed by atoms with Gasteiger partial charge in [0.1, 0.15) is 0 Å². The normalized spacial score (nSPS) is 11.5. The highest BCUT2D eigenvalue weighted by Crippen LogP contribution is 2.28. The van der Waals surface area contributed by atoms with Crippen LogP contribution in [0.3, 0.4) is 0 Å². The number of nitrogens with one attached hydrogen (secondary N) is 1. The third-order valence-corrected chi connectivity index (χ3v) is 4.77. The Hall–Kier alpha value is -1.67. The van der Waals surface area contributed by atoms with Crippen molar-refractivity contribution in [2.24, 2.45) is 0 Å². The number of hydrogen-bond acceptors (Lipinski definition) is 6. The van der Waals surface area contributed by atoms with Crippen LogP contribution in [0.15, 0.2) is 23.1 Å². The zero-order valence-electron chi connectivity index (χ0n) is 11.8. The molecule has 0 aliphatic carbocycles. The summed E-state index contributed by atoms with van der Waals surface area (Å²) in [5, 5.41) is 2.93. The van der Waals surface area contributed by atoms with Crippen LogP contribution < -0.4 is 5.32 Å². The Bertz CT molecular complexity index is 753. The average Bonchev–Trinajstić information content (AvgIpc) is 2.78. The lowest BCUT2D eigenvalue weighted by atomic mass is 10.3. The van der Waals surface area contributed by atoms with E-state index in [1.54, 1.807) is 12.1 Å². The molecule has 0 bridgehead atoms. The van der Waals surface area contributed by atoms with Gasteiger partial charge in [0.2, 0.25) is 0 Å². The second-order valence-electron chi connectivity index (χ2n) is 4.54. The molecule has 0 aliphatic rings. The molecule has 0 saturated carbocycles. The maximum absolute atomic E-state index is 11.5. The standard InChI is InChI=1S/C13H16N2O4S2/c1-3-4-7-19-13(16)15-12-14-10-6-5-9(21(2,17)18)8-11(10)20-12/h5-6,8H,3-4,7H2,1-2H3,(H,14,15,16). The van der Waals surface area contributed by atoms with E-state index >= 15 is 0 Å². The maximum atomic E-state index is 11.5. The average molecular weight is 328 g/mol. The molecule has 0 radical (unpaired) electrons. The number of carbonyl (C=O) groups excluding carboxylic acids is 1. The summed E-state index contributed by atoms with van der Waals surface area (Å²) < 4.78 is 28.7. The first-order valence-electron chi connectivity index (χ1n) is 6.44. The summed E-state index contributed by atoms with van der Waals surface area (Å²) in [6.07, 6.45) is 2.36. The van der Waals surface area contributed by atoms with Gasteiger partial charge < -0.3 is 4.74 Å². The molecule has 21 heavy (non-hydrogen) atoms. The van der Waals surface area contributed by atoms with Gasteiger partial charge in [-0.2, -0.15) is 0 Å². The first-order chi connectivity index (χ1) is 9.90. The van der Waals surface area contributed by atoms with Crippen LogP contribution >= 0.6 is 11.3 Å². The van der Waals surface area contributed by atoms with Crippen molar-refractivity contribution in [1.82, 2.24) is 4.98 Å². The van der Waals surface area contributed by atoms with Gasteiger partial charge in [-0.15, -0.1) is 0 Å². The molecule has 114 valence electrons. The number of sulfone groups is 1. The Morgan fingerprint density at radius 2 is 2.19 bits per heavy atom. The molecule has 1 N–H and O–H groups in total. The predicted molar refractivity (Wildman–Crippen MR) is 82.6 cm³/mol. The van der Waals surface area contributed by atoms with Gasteiger partial charge in [-0.05, 0) is 24.6 Å². The van der Waals surface area contributed by atoms with Crippen molar-refractivity contribution < 1.29 is 17.9 Å². The van der Waals surface area contributed by atoms with Crippen LogP contribution in [0.4, 0.5) is 9.93 Å². The number of rotatable bonds is 5. The van der Waals surface area contributed by atoms with Crippen molar-refractivity contribution >= 4 is 42.6 Å². The number of fused-ring (bicyclic) bond motifs is 1. The second kappa shape index (κ2) is 6.40. The fraction of sp³-hybridized carbons (Fsp3) is 0.385. The zero-order valence-corrected chi connectivity index (χ0v) is 13.4. The largest absolute Gasteiger partial charge is 0.449 e. The number of unbranched alkanes of at least 4 members (excludes halogenated alkanes) is 1. The molecule has 0 saturated heterocycles. The molecule has 0 unspecified atom stereocenters. The van der Waals surface area contributed by atoms with Crippen LogP contribution in [0.1, 0.15) is 19.8 Å². The minimum Gasteiger partial charge on any atom is -0.449 e. The number of carbonyl (C=O) groups is 1. The molecular formula is C13H16N2O4S2. The smallest absolute Gasteiger partial charge is 0.413 e. The van der Waals surface area contributed by atoms with Crippen molar-refractivity contribution in [1.29, 1.82) is 0 Å². The lowest BCUT2D eigenvalue weighted by molar-refractivity contribution is 0.160. The molecule has 2 aromatic rings. The lowest BCUT2D eigenvalue weighted by Crippen LogP contribution is -2.13. The SMILES string of the molecule is CCCCOC(=O)Nc1nc2ccc(S(C)(=O)=O)cc2s1. The Labute approximate surface area is 127 Å². The van der Waals surface area contributed by atoms with E-state index in [2.05, 4.69) is 10.3 Å². The van der Waals surface area contributed by atoms with Gasteiger partial charge in [0.15, 0.2) is 15.0 Å². The third-order valence-electron chi connectivity index (χ3n) is 2.73. The van der Waals surface area contributed by atoms with E-state index in [0.29, 0.717) is 22.0 Å². The fourth-order valence-corrected chi connectivity index (χ4v) is 3.23. The van der Waals surface area contributed by atoms with Gasteiger partial charge in [0.25, 0.3) is 0 Å². The number of nitrogens with zero attached hydrogens (tertiary/aromatic N) is 1. The Kier molecular flexibility index (Phi) is 4.79. The van der Waals surface area contributed by atoms with E-state index in [4.69, 9.17) is 4.74 Å². The topological polar surface area (TPSA) is 85.4 Å². The Morgan fingerprint density at radius 1 is 1.43 bits per heavy atom. The van der Waals surface area contributed by atoms with Crippen molar-refractivity contribution in [3.05, 3.63) is 18.2 Å². The van der Waals surface area contributed by atoms with Crippen LogP contribution in [-0.2, 0) is 14.6 Å². The summed E-state index contributed by atoms with van der Waals surface area (Å²) in [6.45, 7) is 2.37. The van der Waals surface area contributed by atoms with Crippen LogP contribution in [-0.4, -0.2) is 32.4 Å². The van der Waals surface area contributed by atoms with Crippen molar-refractivity contribution in [2.45, 2.75) is 24.7 Å². The van der Waals surface area contributed by atoms with Gasteiger partial charge in [0.05, 0.1) is 21.7 Å². The maximum Gasteiger partial charge on any atom is 0.413 e. The molecule has 8 heteroatoms. The molecule has 6 nitrogen and oxygen atoms in total. The summed E-state index contributed by atoms with van der Waals surface area (Å²) in [5.41, 5.74) is 0.635. The second-order valence-corrected chi connectivity index (χ2v) is 7.58. The molecule has 1 amide bonds. The van der Waals surface area contributed by atoms with Crippen LogP contribution in [0, 0.1) is 0 Å². The summed E-state index contributed by atoms with van der Waals surface area (Å²) in [6, 6.07) is 4.67. The monoisotopic (exact) mass is 328 g/mol. The van der Waals surface area contributed by atoms with Gasteiger partial charge in [0, 0.05) is 6.26 Å². The van der Waals surface area contributed by atoms with Crippen molar-refractivity contribution in [3.63, 3.8) is 0 Å². The fourth-order valence-electron chi connectivity index (χ4n) is 1.62. The first-order valence-corrected chi connectivity index (χ1v) is 9.15. The highest BCUT2D eigenvalue weighted by molar-refractivity contribution is 7.90. The van der Waals surface area contributed by atoms with Crippen LogP contribution in [0.25, 0.3) is 10.2 Å².